The zero-order valence-corrected chi connectivity index (χ0v) is 4.09. The van der Waals surface area contributed by atoms with Gasteiger partial charge >= 0.3 is 0 Å². The summed E-state index contributed by atoms with van der Waals surface area (Å²) in [5.74, 6) is 0. The van der Waals surface area contributed by atoms with Gasteiger partial charge in [-0.2, -0.15) is 5.16 Å². The van der Waals surface area contributed by atoms with Crippen LogP contribution < -0.4 is 0 Å². The lowest BCUT2D eigenvalue weighted by atomic mass is 10.4. The molecule has 0 unspecified atom stereocenters. The van der Waals surface area contributed by atoms with Gasteiger partial charge < -0.3 is 0 Å². The van der Waals surface area contributed by atoms with E-state index in [2.05, 4.69) is 14.9 Å². The van der Waals surface area contributed by atoms with E-state index in [0.29, 0.717) is 0 Å². The molecule has 0 bridgehead atoms. The SMILES string of the molecule is c1cc2no[nH]c-2c1. The standard InChI is InChI=1S/C5H4N2O/c1-2-4-5(3-1)7-8-6-4/h1-3,6H. The fourth-order valence-corrected chi connectivity index (χ4v) is 0.698. The highest BCUT2D eigenvalue weighted by molar-refractivity contribution is 5.55. The molecular weight excluding hydrogens is 104 g/mol. The van der Waals surface area contributed by atoms with Crippen LogP contribution in [-0.4, -0.2) is 10.3 Å². The van der Waals surface area contributed by atoms with E-state index < -0.39 is 0 Å². The molecule has 1 N–H and O–H groups in total. The summed E-state index contributed by atoms with van der Waals surface area (Å²) in [6, 6.07) is 5.71. The Hall–Kier alpha value is -1.25. The third-order valence-electron chi connectivity index (χ3n) is 1.09. The zero-order valence-electron chi connectivity index (χ0n) is 4.09. The predicted octanol–water partition coefficient (Wildman–Crippen LogP) is 1.11. The van der Waals surface area contributed by atoms with Gasteiger partial charge in [-0.3, -0.25) is 4.63 Å². The molecule has 2 rings (SSSR count). The molecule has 0 saturated heterocycles. The predicted molar refractivity (Wildman–Crippen MR) is 27.5 cm³/mol. The number of nitrogens with zero attached hydrogens (tertiary/aromatic N) is 1. The summed E-state index contributed by atoms with van der Waals surface area (Å²) in [7, 11) is 0. The van der Waals surface area contributed by atoms with Crippen molar-refractivity contribution in [3.8, 4) is 11.4 Å². The molecule has 0 aromatic heterocycles. The first kappa shape index (κ1) is 3.72. The molecule has 0 atom stereocenters. The van der Waals surface area contributed by atoms with E-state index >= 15 is 0 Å². The van der Waals surface area contributed by atoms with Crippen LogP contribution in [0.15, 0.2) is 22.8 Å². The molecule has 0 radical (unpaired) electrons. The molecule has 0 fully saturated rings. The summed E-state index contributed by atoms with van der Waals surface area (Å²) in [6.45, 7) is 0. The van der Waals surface area contributed by atoms with E-state index in [1.807, 2.05) is 18.2 Å². The van der Waals surface area contributed by atoms with Crippen LogP contribution in [0.5, 0.6) is 0 Å². The van der Waals surface area contributed by atoms with Crippen LogP contribution in [-0.2, 0) is 0 Å². The second kappa shape index (κ2) is 1.12. The van der Waals surface area contributed by atoms with Crippen molar-refractivity contribution in [2.45, 2.75) is 0 Å². The van der Waals surface area contributed by atoms with Crippen LogP contribution in [0.4, 0.5) is 0 Å². The van der Waals surface area contributed by atoms with Crippen LogP contribution in [0.3, 0.4) is 0 Å². The Morgan fingerprint density at radius 2 is 2.50 bits per heavy atom. The Bertz CT molecular complexity index is 202. The number of aromatic amines is 1. The van der Waals surface area contributed by atoms with Crippen LogP contribution in [0.2, 0.25) is 0 Å². The monoisotopic (exact) mass is 108 g/mol. The van der Waals surface area contributed by atoms with Crippen LogP contribution in [0.1, 0.15) is 0 Å². The largest absolute Gasteiger partial charge is 0.270 e. The van der Waals surface area contributed by atoms with Gasteiger partial charge in [-0.05, 0) is 12.1 Å². The first-order chi connectivity index (χ1) is 3.97. The smallest absolute Gasteiger partial charge is 0.132 e. The van der Waals surface area contributed by atoms with Gasteiger partial charge in [0.2, 0.25) is 0 Å². The highest BCUT2D eigenvalue weighted by Crippen LogP contribution is 2.15. The first-order valence-electron chi connectivity index (χ1n) is 2.35. The van der Waals surface area contributed by atoms with E-state index in [0.717, 1.165) is 11.4 Å². The molecule has 40 valence electrons. The van der Waals surface area contributed by atoms with Crippen molar-refractivity contribution in [2.75, 3.05) is 0 Å². The number of aromatic nitrogens is 2. The van der Waals surface area contributed by atoms with Crippen molar-refractivity contribution in [3.05, 3.63) is 18.2 Å². The molecule has 3 nitrogen and oxygen atoms in total. The van der Waals surface area contributed by atoms with E-state index in [-0.39, 0.29) is 0 Å². The highest BCUT2D eigenvalue weighted by atomic mass is 16.6. The Balaban J connectivity index is 2.84. The maximum atomic E-state index is 4.53. The van der Waals surface area contributed by atoms with Gasteiger partial charge in [0.25, 0.3) is 0 Å². The number of hydrogen-bond acceptors (Lipinski definition) is 2. The Morgan fingerprint density at radius 1 is 1.50 bits per heavy atom. The molecular formula is C5H4N2O. The summed E-state index contributed by atoms with van der Waals surface area (Å²) in [6.07, 6.45) is 0. The van der Waals surface area contributed by atoms with Crippen molar-refractivity contribution in [1.29, 1.82) is 0 Å². The summed E-state index contributed by atoms with van der Waals surface area (Å²) in [5.41, 5.74) is 1.83. The molecule has 3 heteroatoms. The molecule has 2 aliphatic rings. The van der Waals surface area contributed by atoms with Gasteiger partial charge in [-0.15, -0.1) is 0 Å². The molecule has 0 saturated carbocycles. The molecule has 1 heterocycles. The average Bonchev–Trinajstić information content (AvgIpc) is 2.15. The topological polar surface area (TPSA) is 41.8 Å². The molecule has 0 aromatic rings. The van der Waals surface area contributed by atoms with Crippen molar-refractivity contribution in [1.82, 2.24) is 10.3 Å². The summed E-state index contributed by atoms with van der Waals surface area (Å²) in [4.78, 5) is 0. The van der Waals surface area contributed by atoms with Gasteiger partial charge in [0.1, 0.15) is 11.4 Å². The highest BCUT2D eigenvalue weighted by Gasteiger charge is 2.02. The van der Waals surface area contributed by atoms with Gasteiger partial charge in [0.05, 0.1) is 0 Å². The van der Waals surface area contributed by atoms with E-state index in [4.69, 9.17) is 0 Å². The lowest BCUT2D eigenvalue weighted by molar-refractivity contribution is 0.312. The van der Waals surface area contributed by atoms with Crippen LogP contribution >= 0.6 is 0 Å². The summed E-state index contributed by atoms with van der Waals surface area (Å²) in [5, 5.41) is 6.26. The van der Waals surface area contributed by atoms with Crippen molar-refractivity contribution < 1.29 is 4.63 Å². The molecule has 0 amide bonds. The quantitative estimate of drug-likeness (QED) is 0.549. The maximum absolute atomic E-state index is 4.53. The summed E-state index contributed by atoms with van der Waals surface area (Å²) >= 11 is 0. The minimum atomic E-state index is 0.880. The number of H-pyrrole nitrogens is 1. The second-order valence-corrected chi connectivity index (χ2v) is 1.61. The maximum Gasteiger partial charge on any atom is 0.132 e. The van der Waals surface area contributed by atoms with Crippen molar-refractivity contribution in [3.63, 3.8) is 0 Å². The number of hydrogen-bond donors (Lipinski definition) is 1. The Morgan fingerprint density at radius 3 is 3.38 bits per heavy atom. The van der Waals surface area contributed by atoms with E-state index in [1.54, 1.807) is 0 Å². The Labute approximate surface area is 45.6 Å². The van der Waals surface area contributed by atoms with Gasteiger partial charge in [0.15, 0.2) is 0 Å². The van der Waals surface area contributed by atoms with Crippen molar-refractivity contribution in [2.24, 2.45) is 0 Å². The second-order valence-electron chi connectivity index (χ2n) is 1.61. The average molecular weight is 108 g/mol. The van der Waals surface area contributed by atoms with Crippen molar-refractivity contribution >= 4 is 0 Å². The minimum absolute atomic E-state index is 0.880. The van der Waals surface area contributed by atoms with Crippen LogP contribution in [0, 0.1) is 0 Å². The van der Waals surface area contributed by atoms with Crippen LogP contribution in [0.25, 0.3) is 11.4 Å². The third kappa shape index (κ3) is 0.307. The van der Waals surface area contributed by atoms with E-state index in [9.17, 15) is 0 Å². The number of nitrogens with one attached hydrogen (secondary N) is 1. The van der Waals surface area contributed by atoms with Gasteiger partial charge in [-0.1, -0.05) is 11.2 Å². The summed E-state index contributed by atoms with van der Waals surface area (Å²) < 4.78 is 4.53. The molecule has 1 aliphatic carbocycles. The molecule has 8 heavy (non-hydrogen) atoms. The molecule has 0 spiro atoms. The third-order valence-corrected chi connectivity index (χ3v) is 1.09. The molecule has 1 aliphatic heterocycles. The fourth-order valence-electron chi connectivity index (χ4n) is 0.698. The first-order valence-corrected chi connectivity index (χ1v) is 2.35. The number of fused-ring (bicyclic) bond motifs is 1. The molecule has 0 aromatic carbocycles. The lowest BCUT2D eigenvalue weighted by Crippen LogP contribution is -1.62. The minimum Gasteiger partial charge on any atom is -0.270 e. The lowest BCUT2D eigenvalue weighted by Gasteiger charge is -1.71. The Kier molecular flexibility index (Phi) is 0.521. The van der Waals surface area contributed by atoms with Gasteiger partial charge in [0, 0.05) is 0 Å². The van der Waals surface area contributed by atoms with E-state index in [1.165, 1.54) is 0 Å². The zero-order chi connectivity index (χ0) is 5.40. The number of rotatable bonds is 0. The fraction of sp³-hybridized carbons (Fsp3) is 0. The normalized spacial score (nSPS) is 10.5. The van der Waals surface area contributed by atoms with Gasteiger partial charge in [-0.25, -0.2) is 0 Å².